The maximum Gasteiger partial charge on any atom is 0.269 e. The summed E-state index contributed by atoms with van der Waals surface area (Å²) in [6, 6.07) is 10.9. The number of ether oxygens (including phenoxy) is 2. The minimum Gasteiger partial charge on any atom is -0.504 e. The zero-order valence-corrected chi connectivity index (χ0v) is 18.9. The number of hydrogen-bond acceptors (Lipinski definition) is 12. The fourth-order valence-corrected chi connectivity index (χ4v) is 3.23. The normalized spacial score (nSPS) is 13.6. The summed E-state index contributed by atoms with van der Waals surface area (Å²) in [6.07, 6.45) is 1.51. The lowest BCUT2D eigenvalue weighted by Crippen LogP contribution is -2.37. The number of phenols is 1. The van der Waals surface area contributed by atoms with Gasteiger partial charge in [0.1, 0.15) is 0 Å². The molecule has 13 nitrogen and oxygen atoms in total. The van der Waals surface area contributed by atoms with Crippen molar-refractivity contribution < 1.29 is 19.5 Å². The lowest BCUT2D eigenvalue weighted by atomic mass is 10.2. The van der Waals surface area contributed by atoms with Gasteiger partial charge in [-0.2, -0.15) is 20.1 Å². The molecule has 0 saturated carbocycles. The van der Waals surface area contributed by atoms with Gasteiger partial charge in [0.15, 0.2) is 11.5 Å². The molecule has 1 saturated heterocycles. The lowest BCUT2D eigenvalue weighted by Gasteiger charge is -2.27. The molecule has 2 heterocycles. The molecule has 0 atom stereocenters. The molecule has 0 aliphatic carbocycles. The maximum absolute atomic E-state index is 10.9. The van der Waals surface area contributed by atoms with Crippen molar-refractivity contribution in [1.82, 2.24) is 15.0 Å². The number of benzene rings is 2. The van der Waals surface area contributed by atoms with E-state index in [0.717, 1.165) is 0 Å². The zero-order valence-electron chi connectivity index (χ0n) is 18.9. The number of rotatable bonds is 9. The average molecular weight is 480 g/mol. The van der Waals surface area contributed by atoms with Gasteiger partial charge in [-0.05, 0) is 42.8 Å². The molecule has 0 bridgehead atoms. The molecule has 182 valence electrons. The second-order valence-electron chi connectivity index (χ2n) is 7.34. The number of nitrogens with zero attached hydrogens (tertiary/aromatic N) is 6. The van der Waals surface area contributed by atoms with Crippen LogP contribution in [0.5, 0.6) is 11.5 Å². The van der Waals surface area contributed by atoms with Crippen LogP contribution in [0.3, 0.4) is 0 Å². The van der Waals surface area contributed by atoms with E-state index in [1.54, 1.807) is 24.3 Å². The molecule has 3 aromatic rings. The lowest BCUT2D eigenvalue weighted by molar-refractivity contribution is -0.384. The number of nitro groups is 1. The Kier molecular flexibility index (Phi) is 7.47. The number of hydrazone groups is 1. The van der Waals surface area contributed by atoms with Gasteiger partial charge in [-0.1, -0.05) is 0 Å². The van der Waals surface area contributed by atoms with E-state index in [2.05, 4.69) is 30.8 Å². The molecule has 2 aromatic carbocycles. The van der Waals surface area contributed by atoms with Gasteiger partial charge in [-0.15, -0.1) is 0 Å². The smallest absolute Gasteiger partial charge is 0.269 e. The Labute approximate surface area is 200 Å². The van der Waals surface area contributed by atoms with Crippen molar-refractivity contribution in [1.29, 1.82) is 0 Å². The van der Waals surface area contributed by atoms with Crippen LogP contribution in [0.1, 0.15) is 12.5 Å². The fourth-order valence-electron chi connectivity index (χ4n) is 3.23. The summed E-state index contributed by atoms with van der Waals surface area (Å²) in [5.74, 6) is 1.28. The van der Waals surface area contributed by atoms with Gasteiger partial charge >= 0.3 is 0 Å². The number of hydrogen-bond donors (Lipinski definition) is 3. The van der Waals surface area contributed by atoms with Gasteiger partial charge in [-0.25, -0.2) is 5.43 Å². The average Bonchev–Trinajstić information content (AvgIpc) is 2.86. The predicted octanol–water partition coefficient (Wildman–Crippen LogP) is 2.91. The molecule has 3 N–H and O–H groups in total. The van der Waals surface area contributed by atoms with Crippen molar-refractivity contribution >= 4 is 35.4 Å². The van der Waals surface area contributed by atoms with E-state index in [4.69, 9.17) is 9.47 Å². The first-order valence-corrected chi connectivity index (χ1v) is 10.9. The number of nitrogens with one attached hydrogen (secondary N) is 2. The van der Waals surface area contributed by atoms with Crippen molar-refractivity contribution in [3.05, 3.63) is 58.1 Å². The van der Waals surface area contributed by atoms with Crippen molar-refractivity contribution in [3.63, 3.8) is 0 Å². The summed E-state index contributed by atoms with van der Waals surface area (Å²) in [4.78, 5) is 25.7. The third-order valence-electron chi connectivity index (χ3n) is 4.91. The van der Waals surface area contributed by atoms with E-state index in [0.29, 0.717) is 55.9 Å². The van der Waals surface area contributed by atoms with Crippen LogP contribution in [-0.4, -0.2) is 64.1 Å². The Hall–Kier alpha value is -4.52. The topological polar surface area (TPSA) is 160 Å². The second-order valence-corrected chi connectivity index (χ2v) is 7.34. The maximum atomic E-state index is 10.9. The highest BCUT2D eigenvalue weighted by Crippen LogP contribution is 2.26. The van der Waals surface area contributed by atoms with E-state index >= 15 is 0 Å². The van der Waals surface area contributed by atoms with Crippen molar-refractivity contribution in [2.24, 2.45) is 5.10 Å². The molecular formula is C22H24N8O5. The molecule has 1 fully saturated rings. The third-order valence-corrected chi connectivity index (χ3v) is 4.91. The highest BCUT2D eigenvalue weighted by atomic mass is 16.6. The number of morpholine rings is 1. The highest BCUT2D eigenvalue weighted by molar-refractivity contribution is 5.81. The van der Waals surface area contributed by atoms with Gasteiger partial charge in [0.2, 0.25) is 17.8 Å². The molecule has 13 heteroatoms. The summed E-state index contributed by atoms with van der Waals surface area (Å²) in [6.45, 7) is 4.63. The highest BCUT2D eigenvalue weighted by Gasteiger charge is 2.17. The van der Waals surface area contributed by atoms with Gasteiger partial charge in [0.25, 0.3) is 5.69 Å². The summed E-state index contributed by atoms with van der Waals surface area (Å²) < 4.78 is 10.7. The molecule has 1 aromatic heterocycles. The van der Waals surface area contributed by atoms with Crippen LogP contribution >= 0.6 is 0 Å². The first kappa shape index (κ1) is 23.6. The summed E-state index contributed by atoms with van der Waals surface area (Å²) in [5, 5.41) is 28.1. The fraction of sp³-hybridized carbons (Fsp3) is 0.273. The van der Waals surface area contributed by atoms with Gasteiger partial charge in [0.05, 0.1) is 31.0 Å². The largest absolute Gasteiger partial charge is 0.504 e. The van der Waals surface area contributed by atoms with Crippen LogP contribution in [-0.2, 0) is 4.74 Å². The Balaban J connectivity index is 1.53. The van der Waals surface area contributed by atoms with E-state index < -0.39 is 4.92 Å². The SMILES string of the molecule is CCOc1ccc(C=NNc2nc(Nc3ccc([N+](=O)[O-])cc3)nc(N3CCOCC3)n2)cc1O. The minimum atomic E-state index is -0.465. The zero-order chi connectivity index (χ0) is 24.6. The molecule has 0 radical (unpaired) electrons. The van der Waals surface area contributed by atoms with Crippen molar-refractivity contribution in [2.45, 2.75) is 6.92 Å². The van der Waals surface area contributed by atoms with Crippen molar-refractivity contribution in [2.75, 3.05) is 48.6 Å². The second kappa shape index (κ2) is 11.1. The Morgan fingerprint density at radius 3 is 2.60 bits per heavy atom. The summed E-state index contributed by atoms with van der Waals surface area (Å²) >= 11 is 0. The molecule has 1 aliphatic rings. The van der Waals surface area contributed by atoms with Crippen LogP contribution in [0.4, 0.5) is 29.2 Å². The minimum absolute atomic E-state index is 0.0140. The molecule has 0 amide bonds. The molecule has 1 aliphatic heterocycles. The van der Waals surface area contributed by atoms with Crippen LogP contribution in [0.15, 0.2) is 47.6 Å². The van der Waals surface area contributed by atoms with Crippen molar-refractivity contribution in [3.8, 4) is 11.5 Å². The number of non-ortho nitro benzene ring substituents is 1. The van der Waals surface area contributed by atoms with Gasteiger partial charge in [-0.3, -0.25) is 10.1 Å². The summed E-state index contributed by atoms with van der Waals surface area (Å²) in [7, 11) is 0. The van der Waals surface area contributed by atoms with Crippen LogP contribution in [0.2, 0.25) is 0 Å². The number of phenolic OH excluding ortho intramolecular Hbond substituents is 1. The molecule has 0 unspecified atom stereocenters. The Morgan fingerprint density at radius 2 is 1.91 bits per heavy atom. The monoisotopic (exact) mass is 480 g/mol. The van der Waals surface area contributed by atoms with Crippen LogP contribution in [0.25, 0.3) is 0 Å². The summed E-state index contributed by atoms with van der Waals surface area (Å²) in [5.41, 5.74) is 3.99. The van der Waals surface area contributed by atoms with Crippen LogP contribution < -0.4 is 20.4 Å². The van der Waals surface area contributed by atoms with Crippen LogP contribution in [0, 0.1) is 10.1 Å². The number of aromatic hydroxyl groups is 1. The van der Waals surface area contributed by atoms with E-state index in [1.165, 1.54) is 24.4 Å². The van der Waals surface area contributed by atoms with E-state index in [-0.39, 0.29) is 23.3 Å². The standard InChI is InChI=1S/C22H24N8O5/c1-2-35-19-8-3-15(13-18(19)31)14-23-28-21-25-20(24-16-4-6-17(7-5-16)30(32)33)26-22(27-21)29-9-11-34-12-10-29/h3-8,13-14,31H,2,9-12H2,1H3,(H2,24,25,26,27,28). The van der Waals surface area contributed by atoms with Gasteiger partial charge in [0, 0.05) is 30.9 Å². The van der Waals surface area contributed by atoms with E-state index in [1.807, 2.05) is 11.8 Å². The molecular weight excluding hydrogens is 456 g/mol. The number of anilines is 4. The number of nitro benzene ring substituents is 1. The Morgan fingerprint density at radius 1 is 1.17 bits per heavy atom. The molecule has 35 heavy (non-hydrogen) atoms. The van der Waals surface area contributed by atoms with Gasteiger partial charge < -0.3 is 24.8 Å². The molecule has 0 spiro atoms. The Bertz CT molecular complexity index is 1200. The first-order chi connectivity index (χ1) is 17.0. The quantitative estimate of drug-likeness (QED) is 0.235. The predicted molar refractivity (Wildman–Crippen MR) is 130 cm³/mol. The third kappa shape index (κ3) is 6.29. The van der Waals surface area contributed by atoms with E-state index in [9.17, 15) is 15.2 Å². The molecule has 4 rings (SSSR count). The first-order valence-electron chi connectivity index (χ1n) is 10.9. The number of aromatic nitrogens is 3.